The Bertz CT molecular complexity index is 1750. The highest BCUT2D eigenvalue weighted by Crippen LogP contribution is 2.41. The Morgan fingerprint density at radius 1 is 1.02 bits per heavy atom. The lowest BCUT2D eigenvalue weighted by Gasteiger charge is -2.15. The van der Waals surface area contributed by atoms with E-state index in [-0.39, 0.29) is 29.4 Å². The summed E-state index contributed by atoms with van der Waals surface area (Å²) in [6.45, 7) is 0.225. The summed E-state index contributed by atoms with van der Waals surface area (Å²) in [6, 6.07) is 14.0. The summed E-state index contributed by atoms with van der Waals surface area (Å²) in [4.78, 5) is 42.1. The van der Waals surface area contributed by atoms with Crippen molar-refractivity contribution in [2.45, 2.75) is 12.6 Å². The van der Waals surface area contributed by atoms with Gasteiger partial charge in [0.15, 0.2) is 0 Å². The summed E-state index contributed by atoms with van der Waals surface area (Å²) >= 11 is 13.6. The molecule has 4 rings (SSSR count). The number of halogens is 2. The van der Waals surface area contributed by atoms with Crippen molar-refractivity contribution in [3.8, 4) is 28.3 Å². The SMILES string of the molecule is COc1nc(-c2cccc(-c3cccc(NC(=O)c4cn(C)c(=O)n(C)c4=O)c3Cl)c2Cl)ccc1CNC[C@@H](O)CO. The molecule has 0 saturated carbocycles. The summed E-state index contributed by atoms with van der Waals surface area (Å²) in [6.07, 6.45) is 0.309. The normalized spacial score (nSPS) is 11.8. The van der Waals surface area contributed by atoms with Crippen LogP contribution in [0.25, 0.3) is 22.4 Å². The van der Waals surface area contributed by atoms with Crippen molar-refractivity contribution in [2.75, 3.05) is 25.6 Å². The Kier molecular flexibility index (Phi) is 9.81. The number of aliphatic hydroxyl groups excluding tert-OH is 2. The van der Waals surface area contributed by atoms with Gasteiger partial charge in [-0.3, -0.25) is 14.2 Å². The monoisotopic (exact) mass is 613 g/mol. The highest BCUT2D eigenvalue weighted by atomic mass is 35.5. The fraction of sp³-hybridized carbons (Fsp3) is 0.241. The first-order valence-corrected chi connectivity index (χ1v) is 13.5. The van der Waals surface area contributed by atoms with Crippen molar-refractivity contribution in [1.82, 2.24) is 19.4 Å². The third kappa shape index (κ3) is 6.40. The number of carbonyl (C=O) groups is 1. The number of aryl methyl sites for hydroxylation is 1. The molecule has 1 amide bonds. The van der Waals surface area contributed by atoms with Crippen LogP contribution in [-0.4, -0.2) is 56.6 Å². The van der Waals surface area contributed by atoms with Crippen molar-refractivity contribution < 1.29 is 19.7 Å². The van der Waals surface area contributed by atoms with Crippen molar-refractivity contribution in [2.24, 2.45) is 14.1 Å². The van der Waals surface area contributed by atoms with Gasteiger partial charge in [0.2, 0.25) is 5.88 Å². The molecule has 0 aliphatic carbocycles. The number of aliphatic hydroxyl groups is 2. The minimum absolute atomic E-state index is 0.198. The summed E-state index contributed by atoms with van der Waals surface area (Å²) < 4.78 is 7.47. The van der Waals surface area contributed by atoms with Gasteiger partial charge in [0.25, 0.3) is 11.5 Å². The molecule has 4 aromatic rings. The predicted octanol–water partition coefficient (Wildman–Crippen LogP) is 2.82. The van der Waals surface area contributed by atoms with E-state index in [1.54, 1.807) is 42.5 Å². The molecule has 2 aromatic heterocycles. The van der Waals surface area contributed by atoms with Gasteiger partial charge in [0.05, 0.1) is 41.2 Å². The van der Waals surface area contributed by atoms with Crippen LogP contribution in [0, 0.1) is 0 Å². The molecule has 13 heteroatoms. The average Bonchev–Trinajstić information content (AvgIpc) is 2.99. The molecule has 2 aromatic carbocycles. The Hall–Kier alpha value is -4.00. The van der Waals surface area contributed by atoms with E-state index in [1.165, 1.54) is 27.4 Å². The van der Waals surface area contributed by atoms with Crippen molar-refractivity contribution in [3.05, 3.63) is 96.7 Å². The summed E-state index contributed by atoms with van der Waals surface area (Å²) in [5.41, 5.74) is 1.77. The van der Waals surface area contributed by atoms with Crippen LogP contribution in [0.3, 0.4) is 0 Å². The topological polar surface area (TPSA) is 148 Å². The molecule has 0 saturated heterocycles. The van der Waals surface area contributed by atoms with Crippen LogP contribution in [0.4, 0.5) is 5.69 Å². The fourth-order valence-corrected chi connectivity index (χ4v) is 4.90. The van der Waals surface area contributed by atoms with Gasteiger partial charge in [0.1, 0.15) is 5.56 Å². The molecule has 0 aliphatic heterocycles. The molecule has 42 heavy (non-hydrogen) atoms. The lowest BCUT2D eigenvalue weighted by atomic mass is 10.00. The Labute approximate surface area is 250 Å². The van der Waals surface area contributed by atoms with Gasteiger partial charge >= 0.3 is 5.69 Å². The molecule has 0 fully saturated rings. The zero-order valence-corrected chi connectivity index (χ0v) is 24.5. The number of anilines is 1. The first kappa shape index (κ1) is 30.9. The fourth-order valence-electron chi connectivity index (χ4n) is 4.30. The predicted molar refractivity (Wildman–Crippen MR) is 161 cm³/mol. The van der Waals surface area contributed by atoms with E-state index >= 15 is 0 Å². The minimum atomic E-state index is -0.871. The number of methoxy groups -OCH3 is 1. The van der Waals surface area contributed by atoms with E-state index in [9.17, 15) is 19.5 Å². The minimum Gasteiger partial charge on any atom is -0.481 e. The van der Waals surface area contributed by atoms with Gasteiger partial charge in [-0.25, -0.2) is 9.78 Å². The van der Waals surface area contributed by atoms with Crippen LogP contribution in [0.15, 0.2) is 64.3 Å². The number of ether oxygens (including phenoxy) is 1. The van der Waals surface area contributed by atoms with Crippen LogP contribution in [-0.2, 0) is 20.6 Å². The molecular weight excluding hydrogens is 585 g/mol. The third-order valence-corrected chi connectivity index (χ3v) is 7.36. The molecule has 0 aliphatic rings. The number of nitrogens with zero attached hydrogens (tertiary/aromatic N) is 3. The highest BCUT2D eigenvalue weighted by molar-refractivity contribution is 6.39. The maximum Gasteiger partial charge on any atom is 0.330 e. The zero-order valence-electron chi connectivity index (χ0n) is 23.0. The second-order valence-electron chi connectivity index (χ2n) is 9.42. The Morgan fingerprint density at radius 2 is 1.69 bits per heavy atom. The molecule has 0 unspecified atom stereocenters. The zero-order chi connectivity index (χ0) is 30.6. The molecule has 1 atom stereocenters. The van der Waals surface area contributed by atoms with E-state index in [0.29, 0.717) is 39.8 Å². The van der Waals surface area contributed by atoms with Crippen LogP contribution >= 0.6 is 23.2 Å². The highest BCUT2D eigenvalue weighted by Gasteiger charge is 2.20. The standard InChI is InChI=1S/C29H29Cl2N5O6/c1-35-14-21(28(40)36(2)29(35)41)26(39)33-23-9-5-7-19(25(23)31)18-6-4-8-20(24(18)30)22-11-10-16(27(34-22)42-3)12-32-13-17(38)15-37/h4-11,14,17,32,37-38H,12-13,15H2,1-3H3,(H,33,39)/t17-/m1/s1. The molecule has 11 nitrogen and oxygen atoms in total. The second kappa shape index (κ2) is 13.3. The van der Waals surface area contributed by atoms with Crippen LogP contribution in [0.2, 0.25) is 10.0 Å². The number of nitrogens with one attached hydrogen (secondary N) is 2. The number of pyridine rings is 1. The number of hydrogen-bond donors (Lipinski definition) is 4. The number of amides is 1. The maximum absolute atomic E-state index is 13.0. The lowest BCUT2D eigenvalue weighted by molar-refractivity contribution is 0.0941. The summed E-state index contributed by atoms with van der Waals surface area (Å²) in [5.74, 6) is -0.353. The molecular formula is C29H29Cl2N5O6. The Balaban J connectivity index is 1.65. The van der Waals surface area contributed by atoms with Crippen molar-refractivity contribution >= 4 is 34.8 Å². The van der Waals surface area contributed by atoms with Gasteiger partial charge in [-0.1, -0.05) is 59.6 Å². The number of carbonyl (C=O) groups excluding carboxylic acids is 1. The quantitative estimate of drug-likeness (QED) is 0.213. The number of hydrogen-bond acceptors (Lipinski definition) is 8. The van der Waals surface area contributed by atoms with Gasteiger partial charge in [-0.15, -0.1) is 0 Å². The molecule has 2 heterocycles. The van der Waals surface area contributed by atoms with Crippen molar-refractivity contribution in [1.29, 1.82) is 0 Å². The van der Waals surface area contributed by atoms with E-state index < -0.39 is 23.3 Å². The van der Waals surface area contributed by atoms with Crippen LogP contribution in [0.1, 0.15) is 15.9 Å². The molecule has 0 radical (unpaired) electrons. The molecule has 4 N–H and O–H groups in total. The average molecular weight is 614 g/mol. The smallest absolute Gasteiger partial charge is 0.330 e. The number of benzene rings is 2. The Morgan fingerprint density at radius 3 is 2.38 bits per heavy atom. The van der Waals surface area contributed by atoms with Crippen LogP contribution < -0.4 is 26.6 Å². The first-order chi connectivity index (χ1) is 20.1. The molecule has 220 valence electrons. The van der Waals surface area contributed by atoms with Gasteiger partial charge in [-0.05, 0) is 12.1 Å². The van der Waals surface area contributed by atoms with Gasteiger partial charge in [0, 0.05) is 55.6 Å². The number of aromatic nitrogens is 3. The second-order valence-corrected chi connectivity index (χ2v) is 10.2. The van der Waals surface area contributed by atoms with E-state index in [0.717, 1.165) is 14.7 Å². The lowest BCUT2D eigenvalue weighted by Crippen LogP contribution is -2.40. The van der Waals surface area contributed by atoms with Crippen LogP contribution in [0.5, 0.6) is 5.88 Å². The van der Waals surface area contributed by atoms with Crippen molar-refractivity contribution in [3.63, 3.8) is 0 Å². The molecule has 0 bridgehead atoms. The molecule has 0 spiro atoms. The largest absolute Gasteiger partial charge is 0.481 e. The third-order valence-electron chi connectivity index (χ3n) is 6.54. The van der Waals surface area contributed by atoms with Gasteiger partial charge in [-0.2, -0.15) is 0 Å². The van der Waals surface area contributed by atoms with E-state index in [4.69, 9.17) is 33.0 Å². The first-order valence-electron chi connectivity index (χ1n) is 12.8. The maximum atomic E-state index is 13.0. The summed E-state index contributed by atoms with van der Waals surface area (Å²) in [7, 11) is 4.24. The van der Waals surface area contributed by atoms with E-state index in [2.05, 4.69) is 15.6 Å². The number of rotatable bonds is 10. The van der Waals surface area contributed by atoms with Gasteiger partial charge < -0.3 is 30.2 Å². The summed E-state index contributed by atoms with van der Waals surface area (Å²) in [5, 5.41) is 24.8. The van der Waals surface area contributed by atoms with E-state index in [1.807, 2.05) is 6.07 Å².